The lowest BCUT2D eigenvalue weighted by Gasteiger charge is -2.33. The minimum atomic E-state index is -0.152. The maximum atomic E-state index is 11.4. The van der Waals surface area contributed by atoms with Crippen LogP contribution in [0.2, 0.25) is 0 Å². The van der Waals surface area contributed by atoms with Crippen molar-refractivity contribution in [2.24, 2.45) is 0 Å². The van der Waals surface area contributed by atoms with Crippen LogP contribution in [0.15, 0.2) is 10.6 Å². The average molecular weight is 270 g/mol. The van der Waals surface area contributed by atoms with E-state index >= 15 is 0 Å². The van der Waals surface area contributed by atoms with Gasteiger partial charge in [-0.25, -0.2) is 0 Å². The maximum absolute atomic E-state index is 11.4. The molecule has 2 rings (SSSR count). The molecule has 1 aromatic rings. The van der Waals surface area contributed by atoms with E-state index in [1.807, 2.05) is 24.8 Å². The lowest BCUT2D eigenvalue weighted by atomic mass is 10.2. The third kappa shape index (κ3) is 3.49. The largest absolute Gasteiger partial charge is 0.469 e. The van der Waals surface area contributed by atoms with Gasteiger partial charge in [0.1, 0.15) is 0 Å². The van der Waals surface area contributed by atoms with Crippen LogP contribution >= 0.6 is 11.8 Å². The second-order valence-corrected chi connectivity index (χ2v) is 5.56. The van der Waals surface area contributed by atoms with Crippen LogP contribution in [0.3, 0.4) is 0 Å². The molecule has 0 N–H and O–H groups in total. The summed E-state index contributed by atoms with van der Waals surface area (Å²) in [5, 5.41) is 3.89. The first-order valence-electron chi connectivity index (χ1n) is 6.00. The van der Waals surface area contributed by atoms with Crippen molar-refractivity contribution in [3.63, 3.8) is 0 Å². The number of methoxy groups -OCH3 is 1. The molecule has 0 unspecified atom stereocenters. The summed E-state index contributed by atoms with van der Waals surface area (Å²) in [4.78, 5) is 13.7. The summed E-state index contributed by atoms with van der Waals surface area (Å²) in [5.41, 5.74) is 0.890. The average Bonchev–Trinajstić information content (AvgIpc) is 2.77. The van der Waals surface area contributed by atoms with Crippen molar-refractivity contribution in [2.75, 3.05) is 25.2 Å². The standard InChI is InChI=1S/C12H18N2O3S/c1-9-5-11(17-13-9)7-14-3-4-18-8-10(14)6-12(15)16-2/h5,10H,3-4,6-8H2,1-2H3/t10-/m1/s1. The maximum Gasteiger partial charge on any atom is 0.307 e. The smallest absolute Gasteiger partial charge is 0.307 e. The number of carbonyl (C=O) groups is 1. The number of aryl methyl sites for hydroxylation is 1. The predicted octanol–water partition coefficient (Wildman–Crippen LogP) is 1.46. The van der Waals surface area contributed by atoms with E-state index in [9.17, 15) is 4.79 Å². The molecule has 1 atom stereocenters. The summed E-state index contributed by atoms with van der Waals surface area (Å²) in [6.45, 7) is 3.58. The van der Waals surface area contributed by atoms with Gasteiger partial charge in [-0.3, -0.25) is 9.69 Å². The first kappa shape index (κ1) is 13.4. The minimum absolute atomic E-state index is 0.152. The molecule has 0 amide bonds. The van der Waals surface area contributed by atoms with Gasteiger partial charge in [0, 0.05) is 30.2 Å². The van der Waals surface area contributed by atoms with Crippen LogP contribution in [-0.2, 0) is 16.1 Å². The fraction of sp³-hybridized carbons (Fsp3) is 0.667. The summed E-state index contributed by atoms with van der Waals surface area (Å²) in [7, 11) is 1.43. The van der Waals surface area contributed by atoms with Gasteiger partial charge in [-0.15, -0.1) is 0 Å². The Labute approximate surface area is 111 Å². The van der Waals surface area contributed by atoms with E-state index in [4.69, 9.17) is 9.26 Å². The molecular formula is C12H18N2O3S. The van der Waals surface area contributed by atoms with Gasteiger partial charge in [0.25, 0.3) is 0 Å². The van der Waals surface area contributed by atoms with E-state index in [2.05, 4.69) is 10.1 Å². The Balaban J connectivity index is 1.96. The van der Waals surface area contributed by atoms with Gasteiger partial charge < -0.3 is 9.26 Å². The Hall–Kier alpha value is -1.01. The van der Waals surface area contributed by atoms with Crippen molar-refractivity contribution >= 4 is 17.7 Å². The third-order valence-electron chi connectivity index (χ3n) is 3.02. The van der Waals surface area contributed by atoms with E-state index in [0.717, 1.165) is 29.5 Å². The molecule has 18 heavy (non-hydrogen) atoms. The van der Waals surface area contributed by atoms with Gasteiger partial charge >= 0.3 is 5.97 Å². The summed E-state index contributed by atoms with van der Waals surface area (Å²) >= 11 is 1.88. The van der Waals surface area contributed by atoms with Gasteiger partial charge in [-0.05, 0) is 6.92 Å². The number of hydrogen-bond acceptors (Lipinski definition) is 6. The molecule has 0 spiro atoms. The molecule has 1 aliphatic heterocycles. The molecule has 1 aliphatic rings. The second-order valence-electron chi connectivity index (χ2n) is 4.41. The van der Waals surface area contributed by atoms with E-state index in [0.29, 0.717) is 13.0 Å². The van der Waals surface area contributed by atoms with Gasteiger partial charge in [-0.2, -0.15) is 11.8 Å². The number of esters is 1. The first-order valence-corrected chi connectivity index (χ1v) is 7.15. The van der Waals surface area contributed by atoms with Gasteiger partial charge in [0.15, 0.2) is 5.76 Å². The van der Waals surface area contributed by atoms with Crippen molar-refractivity contribution in [3.05, 3.63) is 17.5 Å². The summed E-state index contributed by atoms with van der Waals surface area (Å²) in [5.74, 6) is 2.75. The Kier molecular flexibility index (Phi) is 4.66. The summed E-state index contributed by atoms with van der Waals surface area (Å²) in [6.07, 6.45) is 0.441. The van der Waals surface area contributed by atoms with E-state index < -0.39 is 0 Å². The zero-order chi connectivity index (χ0) is 13.0. The fourth-order valence-electron chi connectivity index (χ4n) is 2.05. The van der Waals surface area contributed by atoms with Crippen molar-refractivity contribution in [1.29, 1.82) is 0 Å². The van der Waals surface area contributed by atoms with Crippen LogP contribution in [0.4, 0.5) is 0 Å². The van der Waals surface area contributed by atoms with Crippen molar-refractivity contribution in [1.82, 2.24) is 10.1 Å². The molecule has 0 aromatic carbocycles. The number of aromatic nitrogens is 1. The van der Waals surface area contributed by atoms with E-state index in [1.165, 1.54) is 7.11 Å². The van der Waals surface area contributed by atoms with Crippen LogP contribution < -0.4 is 0 Å². The Morgan fingerprint density at radius 2 is 2.56 bits per heavy atom. The van der Waals surface area contributed by atoms with Crippen LogP contribution in [0, 0.1) is 6.92 Å². The molecule has 100 valence electrons. The number of nitrogens with zero attached hydrogens (tertiary/aromatic N) is 2. The Morgan fingerprint density at radius 1 is 1.72 bits per heavy atom. The van der Waals surface area contributed by atoms with E-state index in [-0.39, 0.29) is 12.0 Å². The molecule has 5 nitrogen and oxygen atoms in total. The lowest BCUT2D eigenvalue weighted by Crippen LogP contribution is -2.43. The highest BCUT2D eigenvalue weighted by Gasteiger charge is 2.26. The molecule has 0 aliphatic carbocycles. The van der Waals surface area contributed by atoms with Crippen LogP contribution in [-0.4, -0.2) is 47.2 Å². The molecule has 0 bridgehead atoms. The van der Waals surface area contributed by atoms with Crippen LogP contribution in [0.5, 0.6) is 0 Å². The monoisotopic (exact) mass is 270 g/mol. The van der Waals surface area contributed by atoms with Gasteiger partial charge in [0.2, 0.25) is 0 Å². The molecule has 6 heteroatoms. The molecule has 2 heterocycles. The number of hydrogen-bond donors (Lipinski definition) is 0. The third-order valence-corrected chi connectivity index (χ3v) is 4.11. The second kappa shape index (κ2) is 6.24. The van der Waals surface area contributed by atoms with Crippen molar-refractivity contribution in [3.8, 4) is 0 Å². The molecule has 1 fully saturated rings. The Bertz CT molecular complexity index is 408. The Morgan fingerprint density at radius 3 is 3.22 bits per heavy atom. The SMILES string of the molecule is COC(=O)C[C@@H]1CSCCN1Cc1cc(C)no1. The highest BCUT2D eigenvalue weighted by molar-refractivity contribution is 7.99. The molecule has 1 aromatic heterocycles. The minimum Gasteiger partial charge on any atom is -0.469 e. The number of carbonyl (C=O) groups excluding carboxylic acids is 1. The normalized spacial score (nSPS) is 20.9. The zero-order valence-electron chi connectivity index (χ0n) is 10.7. The lowest BCUT2D eigenvalue weighted by molar-refractivity contribution is -0.142. The summed E-state index contributed by atoms with van der Waals surface area (Å²) in [6, 6.07) is 2.17. The first-order chi connectivity index (χ1) is 8.69. The van der Waals surface area contributed by atoms with Crippen molar-refractivity contribution < 1.29 is 14.1 Å². The highest BCUT2D eigenvalue weighted by Crippen LogP contribution is 2.21. The molecular weight excluding hydrogens is 252 g/mol. The molecule has 1 saturated heterocycles. The van der Waals surface area contributed by atoms with Crippen molar-refractivity contribution in [2.45, 2.75) is 25.9 Å². The highest BCUT2D eigenvalue weighted by atomic mass is 32.2. The van der Waals surface area contributed by atoms with E-state index in [1.54, 1.807) is 0 Å². The van der Waals surface area contributed by atoms with Gasteiger partial charge in [0.05, 0.1) is 25.8 Å². The van der Waals surface area contributed by atoms with Crippen LogP contribution in [0.1, 0.15) is 17.9 Å². The predicted molar refractivity (Wildman–Crippen MR) is 69.4 cm³/mol. The quantitative estimate of drug-likeness (QED) is 0.772. The molecule has 0 radical (unpaired) electrons. The van der Waals surface area contributed by atoms with Gasteiger partial charge in [-0.1, -0.05) is 5.16 Å². The fourth-order valence-corrected chi connectivity index (χ4v) is 3.18. The number of thioether (sulfide) groups is 1. The molecule has 0 saturated carbocycles. The number of ether oxygens (including phenoxy) is 1. The summed E-state index contributed by atoms with van der Waals surface area (Å²) < 4.78 is 9.98. The number of rotatable bonds is 4. The zero-order valence-corrected chi connectivity index (χ0v) is 11.5. The van der Waals surface area contributed by atoms with Crippen LogP contribution in [0.25, 0.3) is 0 Å². The topological polar surface area (TPSA) is 55.6 Å².